The second-order valence-electron chi connectivity index (χ2n) is 8.08. The van der Waals surface area contributed by atoms with Gasteiger partial charge < -0.3 is 10.1 Å². The summed E-state index contributed by atoms with van der Waals surface area (Å²) >= 11 is 0. The number of ether oxygens (including phenoxy) is 1. The quantitative estimate of drug-likeness (QED) is 0.710. The first kappa shape index (κ1) is 22.3. The van der Waals surface area contributed by atoms with Gasteiger partial charge in [0.2, 0.25) is 10.0 Å². The van der Waals surface area contributed by atoms with Gasteiger partial charge in [0.25, 0.3) is 5.91 Å². The fourth-order valence-corrected chi connectivity index (χ4v) is 5.01. The SMILES string of the molecule is Cc1ccc(C(C)C)c(OC(C)C(=O)Nc2ccc(S(=O)(=O)N3CCCC3)cc2)c1. The molecule has 2 aromatic carbocycles. The van der Waals surface area contributed by atoms with E-state index in [1.165, 1.54) is 16.4 Å². The van der Waals surface area contributed by atoms with Crippen molar-refractivity contribution < 1.29 is 17.9 Å². The molecular weight excluding hydrogens is 400 g/mol. The Morgan fingerprint density at radius 1 is 1.03 bits per heavy atom. The van der Waals surface area contributed by atoms with Crippen LogP contribution in [0.25, 0.3) is 0 Å². The number of hydrogen-bond donors (Lipinski definition) is 1. The lowest BCUT2D eigenvalue weighted by Crippen LogP contribution is -2.30. The van der Waals surface area contributed by atoms with Crippen LogP contribution in [0.1, 0.15) is 50.7 Å². The van der Waals surface area contributed by atoms with Crippen molar-refractivity contribution in [2.75, 3.05) is 18.4 Å². The molecule has 1 N–H and O–H groups in total. The van der Waals surface area contributed by atoms with Gasteiger partial charge in [-0.05, 0) is 74.1 Å². The number of aryl methyl sites for hydroxylation is 1. The van der Waals surface area contributed by atoms with Crippen molar-refractivity contribution in [2.45, 2.75) is 57.5 Å². The number of rotatable bonds is 7. The van der Waals surface area contributed by atoms with E-state index in [1.807, 2.05) is 25.1 Å². The maximum absolute atomic E-state index is 12.6. The van der Waals surface area contributed by atoms with Gasteiger partial charge >= 0.3 is 0 Å². The highest BCUT2D eigenvalue weighted by atomic mass is 32.2. The van der Waals surface area contributed by atoms with E-state index in [9.17, 15) is 13.2 Å². The molecule has 0 saturated carbocycles. The Hall–Kier alpha value is -2.38. The molecule has 30 heavy (non-hydrogen) atoms. The normalized spacial score (nSPS) is 15.9. The second kappa shape index (κ2) is 9.18. The van der Waals surface area contributed by atoms with Crippen molar-refractivity contribution in [1.82, 2.24) is 4.31 Å². The highest BCUT2D eigenvalue weighted by Gasteiger charge is 2.27. The van der Waals surface area contributed by atoms with E-state index in [-0.39, 0.29) is 16.7 Å². The topological polar surface area (TPSA) is 75.7 Å². The van der Waals surface area contributed by atoms with Crippen LogP contribution in [0.5, 0.6) is 5.75 Å². The Morgan fingerprint density at radius 2 is 1.67 bits per heavy atom. The molecule has 1 atom stereocenters. The zero-order valence-electron chi connectivity index (χ0n) is 18.0. The van der Waals surface area contributed by atoms with Crippen LogP contribution in [0.2, 0.25) is 0 Å². The molecule has 1 aliphatic heterocycles. The molecule has 7 heteroatoms. The van der Waals surface area contributed by atoms with Gasteiger partial charge in [-0.25, -0.2) is 8.42 Å². The first-order valence-corrected chi connectivity index (χ1v) is 11.8. The summed E-state index contributed by atoms with van der Waals surface area (Å²) in [4.78, 5) is 12.9. The van der Waals surface area contributed by atoms with Crippen molar-refractivity contribution in [3.8, 4) is 5.75 Å². The third-order valence-electron chi connectivity index (χ3n) is 5.29. The van der Waals surface area contributed by atoms with E-state index >= 15 is 0 Å². The number of anilines is 1. The van der Waals surface area contributed by atoms with Crippen LogP contribution < -0.4 is 10.1 Å². The minimum Gasteiger partial charge on any atom is -0.481 e. The summed E-state index contributed by atoms with van der Waals surface area (Å²) in [5, 5.41) is 2.80. The van der Waals surface area contributed by atoms with Crippen LogP contribution in [0, 0.1) is 6.92 Å². The molecule has 3 rings (SSSR count). The third-order valence-corrected chi connectivity index (χ3v) is 7.20. The first-order valence-electron chi connectivity index (χ1n) is 10.4. The Kier molecular flexibility index (Phi) is 6.83. The summed E-state index contributed by atoms with van der Waals surface area (Å²) in [7, 11) is -3.46. The van der Waals surface area contributed by atoms with E-state index in [4.69, 9.17) is 4.74 Å². The maximum atomic E-state index is 12.6. The highest BCUT2D eigenvalue weighted by Crippen LogP contribution is 2.28. The summed E-state index contributed by atoms with van der Waals surface area (Å²) in [6, 6.07) is 12.3. The molecule has 1 aliphatic rings. The van der Waals surface area contributed by atoms with Crippen molar-refractivity contribution >= 4 is 21.6 Å². The van der Waals surface area contributed by atoms with Crippen LogP contribution >= 0.6 is 0 Å². The molecular formula is C23H30N2O4S. The van der Waals surface area contributed by atoms with Crippen LogP contribution in [-0.4, -0.2) is 37.8 Å². The minimum atomic E-state index is -3.46. The minimum absolute atomic E-state index is 0.244. The lowest BCUT2D eigenvalue weighted by Gasteiger charge is -2.19. The number of hydrogen-bond acceptors (Lipinski definition) is 4. The predicted octanol–water partition coefficient (Wildman–Crippen LogP) is 4.31. The summed E-state index contributed by atoms with van der Waals surface area (Å²) < 4.78 is 32.7. The van der Waals surface area contributed by atoms with Gasteiger partial charge in [0.15, 0.2) is 6.10 Å². The van der Waals surface area contributed by atoms with E-state index in [1.54, 1.807) is 19.1 Å². The number of nitrogens with zero attached hydrogens (tertiary/aromatic N) is 1. The lowest BCUT2D eigenvalue weighted by atomic mass is 10.0. The molecule has 1 heterocycles. The summed E-state index contributed by atoms with van der Waals surface area (Å²) in [6.07, 6.45) is 1.09. The Labute approximate surface area is 179 Å². The molecule has 0 spiro atoms. The average molecular weight is 431 g/mol. The Bertz CT molecular complexity index is 994. The molecule has 2 aromatic rings. The molecule has 1 unspecified atom stereocenters. The maximum Gasteiger partial charge on any atom is 0.265 e. The lowest BCUT2D eigenvalue weighted by molar-refractivity contribution is -0.122. The van der Waals surface area contributed by atoms with Crippen molar-refractivity contribution in [2.24, 2.45) is 0 Å². The average Bonchev–Trinajstić information content (AvgIpc) is 3.24. The number of amides is 1. The van der Waals surface area contributed by atoms with Gasteiger partial charge in [-0.1, -0.05) is 26.0 Å². The monoisotopic (exact) mass is 430 g/mol. The molecule has 0 aromatic heterocycles. The van der Waals surface area contributed by atoms with Gasteiger partial charge in [-0.15, -0.1) is 0 Å². The van der Waals surface area contributed by atoms with Crippen molar-refractivity contribution in [1.29, 1.82) is 0 Å². The van der Waals surface area contributed by atoms with Gasteiger partial charge in [-0.3, -0.25) is 4.79 Å². The van der Waals surface area contributed by atoms with E-state index < -0.39 is 16.1 Å². The summed E-state index contributed by atoms with van der Waals surface area (Å²) in [5.41, 5.74) is 2.65. The molecule has 0 radical (unpaired) electrons. The zero-order chi connectivity index (χ0) is 21.9. The van der Waals surface area contributed by atoms with Gasteiger partial charge in [-0.2, -0.15) is 4.31 Å². The van der Waals surface area contributed by atoms with Gasteiger partial charge in [0, 0.05) is 18.8 Å². The summed E-state index contributed by atoms with van der Waals surface area (Å²) in [6.45, 7) is 8.98. The molecule has 0 aliphatic carbocycles. The van der Waals surface area contributed by atoms with Crippen LogP contribution in [-0.2, 0) is 14.8 Å². The Morgan fingerprint density at radius 3 is 2.27 bits per heavy atom. The van der Waals surface area contributed by atoms with E-state index in [2.05, 4.69) is 19.2 Å². The molecule has 6 nitrogen and oxygen atoms in total. The molecule has 162 valence electrons. The van der Waals surface area contributed by atoms with Gasteiger partial charge in [0.05, 0.1) is 4.90 Å². The fourth-order valence-electron chi connectivity index (χ4n) is 3.50. The molecule has 1 amide bonds. The van der Waals surface area contributed by atoms with Crippen LogP contribution in [0.4, 0.5) is 5.69 Å². The van der Waals surface area contributed by atoms with Crippen LogP contribution in [0.15, 0.2) is 47.4 Å². The number of carbonyl (C=O) groups excluding carboxylic acids is 1. The van der Waals surface area contributed by atoms with E-state index in [0.29, 0.717) is 24.5 Å². The highest BCUT2D eigenvalue weighted by molar-refractivity contribution is 7.89. The number of carbonyl (C=O) groups is 1. The van der Waals surface area contributed by atoms with Gasteiger partial charge in [0.1, 0.15) is 5.75 Å². The Balaban J connectivity index is 1.67. The molecule has 1 fully saturated rings. The largest absolute Gasteiger partial charge is 0.481 e. The standard InChI is InChI=1S/C23H30N2O4S/c1-16(2)21-12-7-17(3)15-22(21)29-18(4)23(26)24-19-8-10-20(11-9-19)30(27,28)25-13-5-6-14-25/h7-12,15-16,18H,5-6,13-14H2,1-4H3,(H,24,26). The second-order valence-corrected chi connectivity index (χ2v) is 10.0. The summed E-state index contributed by atoms with van der Waals surface area (Å²) in [5.74, 6) is 0.696. The fraction of sp³-hybridized carbons (Fsp3) is 0.435. The van der Waals surface area contributed by atoms with Crippen LogP contribution in [0.3, 0.4) is 0 Å². The van der Waals surface area contributed by atoms with E-state index in [0.717, 1.165) is 24.0 Å². The number of benzene rings is 2. The third kappa shape index (κ3) is 5.02. The number of sulfonamides is 1. The number of nitrogens with one attached hydrogen (secondary N) is 1. The molecule has 1 saturated heterocycles. The predicted molar refractivity (Wildman–Crippen MR) is 118 cm³/mol. The van der Waals surface area contributed by atoms with Crippen molar-refractivity contribution in [3.63, 3.8) is 0 Å². The first-order chi connectivity index (χ1) is 14.2. The molecule has 0 bridgehead atoms. The zero-order valence-corrected chi connectivity index (χ0v) is 18.8. The van der Waals surface area contributed by atoms with Crippen molar-refractivity contribution in [3.05, 3.63) is 53.6 Å². The smallest absolute Gasteiger partial charge is 0.265 e.